The monoisotopic (exact) mass is 342 g/mol. The summed E-state index contributed by atoms with van der Waals surface area (Å²) in [6.45, 7) is 2.56. The minimum Gasteiger partial charge on any atom is -0.314 e. The topological polar surface area (TPSA) is 32.3 Å². The van der Waals surface area contributed by atoms with Crippen LogP contribution >= 0.6 is 0 Å². The first-order valence-electron chi connectivity index (χ1n) is 8.63. The summed E-state index contributed by atoms with van der Waals surface area (Å²) in [6.07, 6.45) is 3.62. The average molecular weight is 342 g/mol. The fourth-order valence-corrected chi connectivity index (χ4v) is 2.71. The lowest BCUT2D eigenvalue weighted by atomic mass is 10.1. The van der Waals surface area contributed by atoms with E-state index in [4.69, 9.17) is 0 Å². The number of para-hydroxylation sites is 1. The molecule has 3 aromatic carbocycles. The highest BCUT2D eigenvalue weighted by molar-refractivity contribution is 5.92. The normalized spacial score (nSPS) is 10.7. The fourth-order valence-electron chi connectivity index (χ4n) is 2.71. The zero-order chi connectivity index (χ0) is 18.2. The van der Waals surface area contributed by atoms with Gasteiger partial charge in [-0.1, -0.05) is 72.8 Å². The third-order valence-corrected chi connectivity index (χ3v) is 4.15. The van der Waals surface area contributed by atoms with Crippen LogP contribution in [0.5, 0.6) is 0 Å². The van der Waals surface area contributed by atoms with Crippen molar-refractivity contribution in [3.8, 4) is 0 Å². The van der Waals surface area contributed by atoms with Crippen LogP contribution in [0, 0.1) is 6.92 Å². The molecule has 3 aromatic rings. The number of hydrogen-bond acceptors (Lipinski definition) is 1. The quantitative estimate of drug-likeness (QED) is 0.663. The number of nitrogens with one attached hydrogen (secondary N) is 1. The van der Waals surface area contributed by atoms with Crippen molar-refractivity contribution in [3.63, 3.8) is 0 Å². The van der Waals surface area contributed by atoms with Gasteiger partial charge in [-0.15, -0.1) is 0 Å². The number of rotatable bonds is 5. The highest BCUT2D eigenvalue weighted by Gasteiger charge is 2.14. The lowest BCUT2D eigenvalue weighted by Gasteiger charge is -2.22. The molecule has 0 spiro atoms. The van der Waals surface area contributed by atoms with Crippen LogP contribution in [0.3, 0.4) is 0 Å². The molecule has 0 aliphatic heterocycles. The van der Waals surface area contributed by atoms with Crippen LogP contribution in [0.15, 0.2) is 91.1 Å². The Kier molecular flexibility index (Phi) is 5.84. The SMILES string of the molecule is Cc1ccccc1/C=C/NC(=O)N(Cc1ccccc1)c1ccccc1. The molecule has 130 valence electrons. The standard InChI is InChI=1S/C23H22N2O/c1-19-10-8-9-13-21(19)16-17-24-23(26)25(22-14-6-3-7-15-22)18-20-11-4-2-5-12-20/h2-17H,18H2,1H3,(H,24,26)/b17-16+. The van der Waals surface area contributed by atoms with Gasteiger partial charge in [0.1, 0.15) is 0 Å². The van der Waals surface area contributed by atoms with E-state index in [1.54, 1.807) is 11.1 Å². The van der Waals surface area contributed by atoms with Crippen molar-refractivity contribution >= 4 is 17.8 Å². The Balaban J connectivity index is 1.76. The lowest BCUT2D eigenvalue weighted by molar-refractivity contribution is 0.249. The maximum absolute atomic E-state index is 12.8. The van der Waals surface area contributed by atoms with Crippen LogP contribution in [0.1, 0.15) is 16.7 Å². The summed E-state index contributed by atoms with van der Waals surface area (Å²) in [5, 5.41) is 2.88. The van der Waals surface area contributed by atoms with E-state index in [1.165, 1.54) is 5.56 Å². The van der Waals surface area contributed by atoms with Crippen molar-refractivity contribution < 1.29 is 4.79 Å². The van der Waals surface area contributed by atoms with Crippen molar-refractivity contribution in [3.05, 3.63) is 108 Å². The molecule has 0 atom stereocenters. The second-order valence-corrected chi connectivity index (χ2v) is 6.05. The van der Waals surface area contributed by atoms with Crippen LogP contribution in [0.2, 0.25) is 0 Å². The molecule has 1 N–H and O–H groups in total. The Hall–Kier alpha value is -3.33. The molecule has 0 aliphatic carbocycles. The summed E-state index contributed by atoms with van der Waals surface area (Å²) in [7, 11) is 0. The molecule has 0 aliphatic rings. The van der Waals surface area contributed by atoms with E-state index in [-0.39, 0.29) is 6.03 Å². The molecule has 0 saturated heterocycles. The Morgan fingerprint density at radius 1 is 0.885 bits per heavy atom. The molecule has 2 amide bonds. The molecule has 0 unspecified atom stereocenters. The van der Waals surface area contributed by atoms with E-state index in [0.717, 1.165) is 16.8 Å². The fraction of sp³-hybridized carbons (Fsp3) is 0.0870. The zero-order valence-electron chi connectivity index (χ0n) is 14.8. The Labute approximate surface area is 154 Å². The van der Waals surface area contributed by atoms with Crippen LogP contribution in [0.25, 0.3) is 6.08 Å². The number of carbonyl (C=O) groups is 1. The summed E-state index contributed by atoms with van der Waals surface area (Å²) in [5.74, 6) is 0. The molecular formula is C23H22N2O. The van der Waals surface area contributed by atoms with Crippen LogP contribution < -0.4 is 10.2 Å². The van der Waals surface area contributed by atoms with E-state index in [0.29, 0.717) is 6.54 Å². The smallest absolute Gasteiger partial charge is 0.314 e. The van der Waals surface area contributed by atoms with Gasteiger partial charge in [0, 0.05) is 11.9 Å². The number of amides is 2. The van der Waals surface area contributed by atoms with Gasteiger partial charge in [-0.2, -0.15) is 0 Å². The molecule has 26 heavy (non-hydrogen) atoms. The summed E-state index contributed by atoms with van der Waals surface area (Å²) in [4.78, 5) is 14.5. The number of aryl methyl sites for hydroxylation is 1. The number of carbonyl (C=O) groups excluding carboxylic acids is 1. The van der Waals surface area contributed by atoms with Crippen LogP contribution in [0.4, 0.5) is 10.5 Å². The van der Waals surface area contributed by atoms with Crippen molar-refractivity contribution in [2.75, 3.05) is 4.90 Å². The zero-order valence-corrected chi connectivity index (χ0v) is 14.8. The van der Waals surface area contributed by atoms with Gasteiger partial charge >= 0.3 is 6.03 Å². The first-order valence-corrected chi connectivity index (χ1v) is 8.63. The molecule has 3 heteroatoms. The summed E-state index contributed by atoms with van der Waals surface area (Å²) in [6, 6.07) is 27.6. The van der Waals surface area contributed by atoms with Crippen LogP contribution in [-0.2, 0) is 6.54 Å². The number of hydrogen-bond donors (Lipinski definition) is 1. The summed E-state index contributed by atoms with van der Waals surface area (Å²) >= 11 is 0. The van der Waals surface area contributed by atoms with E-state index in [9.17, 15) is 4.79 Å². The second-order valence-electron chi connectivity index (χ2n) is 6.05. The molecule has 0 aromatic heterocycles. The van der Waals surface area contributed by atoms with E-state index >= 15 is 0 Å². The number of urea groups is 1. The highest BCUT2D eigenvalue weighted by atomic mass is 16.2. The largest absolute Gasteiger partial charge is 0.326 e. The maximum atomic E-state index is 12.8. The van der Waals surface area contributed by atoms with Gasteiger partial charge in [-0.05, 0) is 41.8 Å². The summed E-state index contributed by atoms with van der Waals surface area (Å²) < 4.78 is 0. The van der Waals surface area contributed by atoms with E-state index in [2.05, 4.69) is 5.32 Å². The highest BCUT2D eigenvalue weighted by Crippen LogP contribution is 2.17. The van der Waals surface area contributed by atoms with Gasteiger partial charge in [-0.3, -0.25) is 4.90 Å². The Morgan fingerprint density at radius 3 is 2.19 bits per heavy atom. The molecule has 0 fully saturated rings. The molecule has 0 saturated carbocycles. The molecule has 0 heterocycles. The average Bonchev–Trinajstić information content (AvgIpc) is 2.69. The third-order valence-electron chi connectivity index (χ3n) is 4.15. The van der Waals surface area contributed by atoms with Gasteiger partial charge in [0.25, 0.3) is 0 Å². The second kappa shape index (κ2) is 8.67. The molecule has 3 nitrogen and oxygen atoms in total. The van der Waals surface area contributed by atoms with Crippen molar-refractivity contribution in [1.29, 1.82) is 0 Å². The maximum Gasteiger partial charge on any atom is 0.326 e. The first-order chi connectivity index (χ1) is 12.7. The number of anilines is 1. The Morgan fingerprint density at radius 2 is 1.50 bits per heavy atom. The van der Waals surface area contributed by atoms with Gasteiger partial charge in [-0.25, -0.2) is 4.79 Å². The lowest BCUT2D eigenvalue weighted by Crippen LogP contribution is -2.37. The van der Waals surface area contributed by atoms with Gasteiger partial charge in [0.2, 0.25) is 0 Å². The third kappa shape index (κ3) is 4.61. The van der Waals surface area contributed by atoms with E-state index < -0.39 is 0 Å². The number of benzene rings is 3. The molecule has 3 rings (SSSR count). The van der Waals surface area contributed by atoms with Crippen molar-refractivity contribution in [2.24, 2.45) is 0 Å². The van der Waals surface area contributed by atoms with Gasteiger partial charge in [0.05, 0.1) is 6.54 Å². The van der Waals surface area contributed by atoms with Gasteiger partial charge in [0.15, 0.2) is 0 Å². The molecule has 0 radical (unpaired) electrons. The first kappa shape index (κ1) is 17.5. The van der Waals surface area contributed by atoms with Crippen molar-refractivity contribution in [1.82, 2.24) is 5.32 Å². The van der Waals surface area contributed by atoms with Gasteiger partial charge < -0.3 is 5.32 Å². The molecular weight excluding hydrogens is 320 g/mol. The predicted octanol–water partition coefficient (Wildman–Crippen LogP) is 5.38. The number of nitrogens with zero attached hydrogens (tertiary/aromatic N) is 1. The Bertz CT molecular complexity index is 873. The minimum absolute atomic E-state index is 0.162. The van der Waals surface area contributed by atoms with E-state index in [1.807, 2.05) is 97.9 Å². The van der Waals surface area contributed by atoms with Crippen LogP contribution in [-0.4, -0.2) is 6.03 Å². The molecule has 0 bridgehead atoms. The summed E-state index contributed by atoms with van der Waals surface area (Å²) in [5.41, 5.74) is 4.19. The van der Waals surface area contributed by atoms with Crippen molar-refractivity contribution in [2.45, 2.75) is 13.5 Å². The predicted molar refractivity (Wildman–Crippen MR) is 108 cm³/mol. The minimum atomic E-state index is -0.162.